The number of amides is 1. The lowest BCUT2D eigenvalue weighted by atomic mass is 10.1. The van der Waals surface area contributed by atoms with E-state index in [9.17, 15) is 15.2 Å². The number of nitrogens with one attached hydrogen (secondary N) is 1. The molecule has 0 atom stereocenters. The molecule has 1 amide bonds. The van der Waals surface area contributed by atoms with Gasteiger partial charge in [-0.1, -0.05) is 26.0 Å². The summed E-state index contributed by atoms with van der Waals surface area (Å²) in [7, 11) is 0. The largest absolute Gasteiger partial charge is 0.508 e. The van der Waals surface area contributed by atoms with Gasteiger partial charge in [0.05, 0.1) is 0 Å². The number of carbonyl (C=O) groups is 1. The van der Waals surface area contributed by atoms with Crippen molar-refractivity contribution in [2.24, 2.45) is 0 Å². The minimum Gasteiger partial charge on any atom is -0.508 e. The molecule has 0 aromatic heterocycles. The molecule has 5 nitrogen and oxygen atoms in total. The van der Waals surface area contributed by atoms with Gasteiger partial charge in [0.1, 0.15) is 17.4 Å². The molecule has 0 bridgehead atoms. The van der Waals surface area contributed by atoms with Crippen LogP contribution in [0.4, 0.5) is 0 Å². The van der Waals surface area contributed by atoms with E-state index in [0.717, 1.165) is 31.5 Å². The molecule has 0 spiro atoms. The van der Waals surface area contributed by atoms with Crippen molar-refractivity contribution in [1.82, 2.24) is 10.2 Å². The molecule has 0 fully saturated rings. The van der Waals surface area contributed by atoms with Crippen LogP contribution in [0.15, 0.2) is 36.0 Å². The highest BCUT2D eigenvalue weighted by molar-refractivity contribution is 5.97. The van der Waals surface area contributed by atoms with Crippen LogP contribution in [-0.4, -0.2) is 35.5 Å². The van der Waals surface area contributed by atoms with Gasteiger partial charge in [0, 0.05) is 25.8 Å². The van der Waals surface area contributed by atoms with Crippen LogP contribution >= 0.6 is 0 Å². The molecule has 0 aliphatic heterocycles. The van der Waals surface area contributed by atoms with Gasteiger partial charge >= 0.3 is 0 Å². The van der Waals surface area contributed by atoms with Crippen molar-refractivity contribution < 1.29 is 9.90 Å². The monoisotopic (exact) mass is 315 g/mol. The van der Waals surface area contributed by atoms with Crippen molar-refractivity contribution >= 4 is 5.91 Å². The Kier molecular flexibility index (Phi) is 8.30. The lowest BCUT2D eigenvalue weighted by Gasteiger charge is -2.19. The third kappa shape index (κ3) is 6.88. The van der Waals surface area contributed by atoms with Crippen molar-refractivity contribution in [3.05, 3.63) is 41.6 Å². The van der Waals surface area contributed by atoms with Gasteiger partial charge in [-0.15, -0.1) is 0 Å². The standard InChI is InChI=1S/C18H25N3O2/c1-3-11-21(12-4-2)14-16(13-19)18(23)20-10-9-15-5-7-17(22)8-6-15/h5-8,14,22H,3-4,9-12H2,1-2H3,(H,20,23)/b16-14-. The van der Waals surface area contributed by atoms with Crippen molar-refractivity contribution in [2.75, 3.05) is 19.6 Å². The predicted molar refractivity (Wildman–Crippen MR) is 90.7 cm³/mol. The van der Waals surface area contributed by atoms with Crippen molar-refractivity contribution in [2.45, 2.75) is 33.1 Å². The SMILES string of the molecule is CCCN(/C=C(/C#N)C(=O)NCCc1ccc(O)cc1)CCC. The smallest absolute Gasteiger partial charge is 0.263 e. The number of carbonyl (C=O) groups excluding carboxylic acids is 1. The molecule has 5 heteroatoms. The highest BCUT2D eigenvalue weighted by atomic mass is 16.3. The van der Waals surface area contributed by atoms with Gasteiger partial charge in [-0.2, -0.15) is 5.26 Å². The van der Waals surface area contributed by atoms with E-state index in [0.29, 0.717) is 13.0 Å². The summed E-state index contributed by atoms with van der Waals surface area (Å²) < 4.78 is 0. The van der Waals surface area contributed by atoms with E-state index in [2.05, 4.69) is 19.2 Å². The maximum Gasteiger partial charge on any atom is 0.263 e. The van der Waals surface area contributed by atoms with E-state index < -0.39 is 0 Å². The average molecular weight is 315 g/mol. The van der Waals surface area contributed by atoms with Gasteiger partial charge < -0.3 is 15.3 Å². The molecule has 2 N–H and O–H groups in total. The quantitative estimate of drug-likeness (QED) is 0.542. The Labute approximate surface area is 138 Å². The third-order valence-electron chi connectivity index (χ3n) is 3.33. The van der Waals surface area contributed by atoms with Gasteiger partial charge in [0.25, 0.3) is 5.91 Å². The van der Waals surface area contributed by atoms with E-state index in [1.165, 1.54) is 0 Å². The third-order valence-corrected chi connectivity index (χ3v) is 3.33. The first kappa shape index (κ1) is 18.6. The molecular formula is C18H25N3O2. The summed E-state index contributed by atoms with van der Waals surface area (Å²) in [5, 5.41) is 21.2. The van der Waals surface area contributed by atoms with E-state index in [4.69, 9.17) is 0 Å². The summed E-state index contributed by atoms with van der Waals surface area (Å²) in [5.41, 5.74) is 1.15. The van der Waals surface area contributed by atoms with Gasteiger partial charge in [-0.05, 0) is 37.0 Å². The molecule has 0 radical (unpaired) electrons. The van der Waals surface area contributed by atoms with E-state index in [1.54, 1.807) is 18.3 Å². The minimum atomic E-state index is -0.344. The number of nitriles is 1. The Balaban J connectivity index is 2.55. The fourth-order valence-electron chi connectivity index (χ4n) is 2.21. The molecule has 0 aliphatic rings. The number of phenols is 1. The van der Waals surface area contributed by atoms with Crippen molar-refractivity contribution in [1.29, 1.82) is 5.26 Å². The number of aromatic hydroxyl groups is 1. The second-order valence-corrected chi connectivity index (χ2v) is 5.36. The molecule has 1 rings (SSSR count). The molecule has 23 heavy (non-hydrogen) atoms. The lowest BCUT2D eigenvalue weighted by molar-refractivity contribution is -0.117. The highest BCUT2D eigenvalue weighted by Gasteiger charge is 2.10. The Morgan fingerprint density at radius 2 is 1.87 bits per heavy atom. The van der Waals surface area contributed by atoms with Gasteiger partial charge in [0.2, 0.25) is 0 Å². The summed E-state index contributed by atoms with van der Waals surface area (Å²) in [6.45, 7) is 6.25. The van der Waals surface area contributed by atoms with E-state index in [1.807, 2.05) is 23.1 Å². The molecular weight excluding hydrogens is 290 g/mol. The Bertz CT molecular complexity index is 553. The van der Waals surface area contributed by atoms with Crippen molar-refractivity contribution in [3.63, 3.8) is 0 Å². The molecule has 1 aromatic carbocycles. The molecule has 0 heterocycles. The molecule has 124 valence electrons. The number of hydrogen-bond acceptors (Lipinski definition) is 4. The summed E-state index contributed by atoms with van der Waals surface area (Å²) in [5.74, 6) is -0.122. The van der Waals surface area contributed by atoms with Crippen LogP contribution in [0.1, 0.15) is 32.3 Å². The molecule has 0 unspecified atom stereocenters. The van der Waals surface area contributed by atoms with Gasteiger partial charge in [0.15, 0.2) is 0 Å². The second-order valence-electron chi connectivity index (χ2n) is 5.36. The predicted octanol–water partition coefficient (Wildman–Crippen LogP) is 2.58. The van der Waals surface area contributed by atoms with Crippen molar-refractivity contribution in [3.8, 4) is 11.8 Å². The van der Waals surface area contributed by atoms with Crippen LogP contribution in [-0.2, 0) is 11.2 Å². The summed E-state index contributed by atoms with van der Waals surface area (Å²) in [6, 6.07) is 8.84. The summed E-state index contributed by atoms with van der Waals surface area (Å²) >= 11 is 0. The summed E-state index contributed by atoms with van der Waals surface area (Å²) in [4.78, 5) is 14.1. The maximum atomic E-state index is 12.1. The molecule has 0 aliphatic carbocycles. The Hall–Kier alpha value is -2.48. The number of phenolic OH excluding ortho intramolecular Hbond substituents is 1. The zero-order chi connectivity index (χ0) is 17.1. The zero-order valence-electron chi connectivity index (χ0n) is 13.9. The normalized spacial score (nSPS) is 10.9. The van der Waals surface area contributed by atoms with E-state index >= 15 is 0 Å². The summed E-state index contributed by atoms with van der Waals surface area (Å²) in [6.07, 6.45) is 4.25. The maximum absolute atomic E-state index is 12.1. The lowest BCUT2D eigenvalue weighted by Crippen LogP contribution is -2.29. The molecule has 1 aromatic rings. The van der Waals surface area contributed by atoms with Gasteiger partial charge in [-0.3, -0.25) is 4.79 Å². The Morgan fingerprint density at radius 1 is 1.26 bits per heavy atom. The van der Waals surface area contributed by atoms with Crippen LogP contribution in [0, 0.1) is 11.3 Å². The first-order valence-corrected chi connectivity index (χ1v) is 8.02. The topological polar surface area (TPSA) is 76.4 Å². The van der Waals surface area contributed by atoms with Crippen LogP contribution in [0.3, 0.4) is 0 Å². The number of rotatable bonds is 9. The average Bonchev–Trinajstić information content (AvgIpc) is 2.54. The van der Waals surface area contributed by atoms with E-state index in [-0.39, 0.29) is 17.2 Å². The van der Waals surface area contributed by atoms with Crippen LogP contribution in [0.2, 0.25) is 0 Å². The van der Waals surface area contributed by atoms with Gasteiger partial charge in [-0.25, -0.2) is 0 Å². The first-order chi connectivity index (χ1) is 11.1. The highest BCUT2D eigenvalue weighted by Crippen LogP contribution is 2.09. The van der Waals surface area contributed by atoms with Crippen LogP contribution < -0.4 is 5.32 Å². The number of benzene rings is 1. The zero-order valence-corrected chi connectivity index (χ0v) is 13.9. The molecule has 0 saturated heterocycles. The number of nitrogens with zero attached hydrogens (tertiary/aromatic N) is 2. The van der Waals surface area contributed by atoms with Crippen LogP contribution in [0.25, 0.3) is 0 Å². The first-order valence-electron chi connectivity index (χ1n) is 8.02. The Morgan fingerprint density at radius 3 is 2.39 bits per heavy atom. The number of hydrogen-bond donors (Lipinski definition) is 2. The van der Waals surface area contributed by atoms with Crippen LogP contribution in [0.5, 0.6) is 5.75 Å². The second kappa shape index (κ2) is 10.3. The fourth-order valence-corrected chi connectivity index (χ4v) is 2.21. The minimum absolute atomic E-state index is 0.137. The fraction of sp³-hybridized carbons (Fsp3) is 0.444. The molecule has 0 saturated carbocycles.